The van der Waals surface area contributed by atoms with Crippen molar-refractivity contribution in [1.29, 1.82) is 0 Å². The molecule has 1 N–H and O–H groups in total. The van der Waals surface area contributed by atoms with E-state index in [2.05, 4.69) is 90.1 Å². The Morgan fingerprint density at radius 1 is 0.733 bits per heavy atom. The van der Waals surface area contributed by atoms with Gasteiger partial charge in [-0.2, -0.15) is 0 Å². The first kappa shape index (κ1) is 32.1. The molecule has 5 aromatic carbocycles. The van der Waals surface area contributed by atoms with Crippen LogP contribution in [0.1, 0.15) is 58.2 Å². The molecule has 0 radical (unpaired) electrons. The fraction of sp³-hybridized carbons (Fsp3) is 0.200. The van der Waals surface area contributed by atoms with Crippen LogP contribution in [0, 0.1) is 6.07 Å². The van der Waals surface area contributed by atoms with Crippen LogP contribution in [0.2, 0.25) is 0 Å². The van der Waals surface area contributed by atoms with Gasteiger partial charge in [0.1, 0.15) is 11.3 Å². The Morgan fingerprint density at radius 2 is 1.47 bits per heavy atom. The number of hydrogen-bond acceptors (Lipinski definition) is 4. The van der Waals surface area contributed by atoms with Crippen molar-refractivity contribution in [2.45, 2.75) is 52.4 Å². The maximum absolute atomic E-state index is 10.6. The van der Waals surface area contributed by atoms with Gasteiger partial charge in [0, 0.05) is 32.8 Å². The third kappa shape index (κ3) is 6.87. The van der Waals surface area contributed by atoms with Gasteiger partial charge in [-0.3, -0.25) is 4.99 Å². The second kappa shape index (κ2) is 12.6. The summed E-state index contributed by atoms with van der Waals surface area (Å²) in [6.07, 6.45) is 1.71. The Hall–Kier alpha value is -4.27. The van der Waals surface area contributed by atoms with E-state index < -0.39 is 0 Å². The molecule has 230 valence electrons. The van der Waals surface area contributed by atoms with Crippen molar-refractivity contribution in [2.75, 3.05) is 0 Å². The normalized spacial score (nSPS) is 12.0. The van der Waals surface area contributed by atoms with Crippen LogP contribution >= 0.6 is 0 Å². The number of nitrogens with zero attached hydrogens (tertiary/aromatic N) is 2. The molecule has 6 aromatic rings. The Morgan fingerprint density at radius 3 is 2.20 bits per heavy atom. The Labute approximate surface area is 280 Å². The molecule has 45 heavy (non-hydrogen) atoms. The first-order chi connectivity index (χ1) is 21.0. The smallest absolute Gasteiger partial charge is 0.228 e. The van der Waals surface area contributed by atoms with Crippen LogP contribution in [-0.4, -0.2) is 16.3 Å². The number of benzene rings is 5. The van der Waals surface area contributed by atoms with Crippen LogP contribution in [0.5, 0.6) is 5.75 Å². The Kier molecular flexibility index (Phi) is 9.01. The summed E-state index contributed by atoms with van der Waals surface area (Å²) >= 11 is 0. The summed E-state index contributed by atoms with van der Waals surface area (Å²) in [4.78, 5) is 9.81. The molecule has 6 rings (SSSR count). The molecule has 0 aliphatic heterocycles. The summed E-state index contributed by atoms with van der Waals surface area (Å²) in [6.45, 7) is 13.1. The molecular weight excluding hydrogens is 736 g/mol. The zero-order chi connectivity index (χ0) is 31.1. The molecule has 0 saturated heterocycles. The van der Waals surface area contributed by atoms with Gasteiger partial charge in [-0.15, -0.1) is 35.9 Å². The van der Waals surface area contributed by atoms with Gasteiger partial charge >= 0.3 is 0 Å². The zero-order valence-corrected chi connectivity index (χ0v) is 28.7. The molecule has 0 atom stereocenters. The van der Waals surface area contributed by atoms with E-state index in [1.54, 1.807) is 12.3 Å². The average Bonchev–Trinajstić information content (AvgIpc) is 3.44. The van der Waals surface area contributed by atoms with E-state index in [9.17, 15) is 5.11 Å². The van der Waals surface area contributed by atoms with Gasteiger partial charge in [0.05, 0.1) is 16.8 Å². The number of fused-ring (bicyclic) bond motifs is 1. The number of oxazole rings is 1. The first-order valence-corrected chi connectivity index (χ1v) is 15.0. The number of aromatic nitrogens is 1. The molecule has 1 heterocycles. The van der Waals surface area contributed by atoms with Gasteiger partial charge in [0.25, 0.3) is 0 Å². The molecule has 4 nitrogen and oxygen atoms in total. The monoisotopic (exact) mass is 772 g/mol. The van der Waals surface area contributed by atoms with E-state index in [0.717, 1.165) is 38.9 Å². The second-order valence-corrected chi connectivity index (χ2v) is 13.3. The van der Waals surface area contributed by atoms with Crippen LogP contribution in [0.4, 0.5) is 5.69 Å². The van der Waals surface area contributed by atoms with Crippen molar-refractivity contribution in [3.63, 3.8) is 0 Å². The third-order valence-corrected chi connectivity index (χ3v) is 7.93. The minimum atomic E-state index is -0.0484. The molecule has 5 heteroatoms. The van der Waals surface area contributed by atoms with E-state index in [1.807, 2.05) is 54.6 Å². The van der Waals surface area contributed by atoms with E-state index in [0.29, 0.717) is 22.7 Å². The molecular formula is C40H37N2O2Pt-. The number of aliphatic imine (C=N–C) groups is 1. The molecule has 0 saturated carbocycles. The molecule has 0 unspecified atom stereocenters. The number of para-hydroxylation sites is 1. The SMILES string of the molecule is CC(C)(C)c1cccc(-c2cc(-c3[c-]cccc3)c3nc(-c4ccccc4N=Cc4cc(C(C)(C)C)ccc4O)oc3c2)c1.[Pt]. The van der Waals surface area contributed by atoms with Gasteiger partial charge in [0.2, 0.25) is 5.89 Å². The van der Waals surface area contributed by atoms with Crippen molar-refractivity contribution in [3.8, 4) is 39.5 Å². The fourth-order valence-corrected chi connectivity index (χ4v) is 5.27. The van der Waals surface area contributed by atoms with Gasteiger partial charge in [0.15, 0.2) is 0 Å². The summed E-state index contributed by atoms with van der Waals surface area (Å²) in [6, 6.07) is 37.7. The van der Waals surface area contributed by atoms with E-state index in [1.165, 1.54) is 5.56 Å². The molecule has 0 aliphatic carbocycles. The summed E-state index contributed by atoms with van der Waals surface area (Å²) < 4.78 is 6.51. The Bertz CT molecular complexity index is 1990. The second-order valence-electron chi connectivity index (χ2n) is 13.3. The van der Waals surface area contributed by atoms with Gasteiger partial charge in [-0.05, 0) is 63.4 Å². The molecule has 0 bridgehead atoms. The molecule has 0 amide bonds. The summed E-state index contributed by atoms with van der Waals surface area (Å²) in [5.74, 6) is 0.672. The molecule has 0 fully saturated rings. The van der Waals surface area contributed by atoms with Crippen LogP contribution in [0.15, 0.2) is 113 Å². The van der Waals surface area contributed by atoms with Crippen molar-refractivity contribution in [2.24, 2.45) is 4.99 Å². The van der Waals surface area contributed by atoms with Crippen molar-refractivity contribution < 1.29 is 30.6 Å². The average molecular weight is 773 g/mol. The molecule has 1 aromatic heterocycles. The summed E-state index contributed by atoms with van der Waals surface area (Å²) in [7, 11) is 0. The largest absolute Gasteiger partial charge is 0.507 e. The zero-order valence-electron chi connectivity index (χ0n) is 26.5. The number of hydrogen-bond donors (Lipinski definition) is 1. The number of aromatic hydroxyl groups is 1. The van der Waals surface area contributed by atoms with Crippen LogP contribution in [0.25, 0.3) is 44.8 Å². The minimum Gasteiger partial charge on any atom is -0.507 e. The summed E-state index contributed by atoms with van der Waals surface area (Å²) in [5.41, 5.74) is 10.1. The fourth-order valence-electron chi connectivity index (χ4n) is 5.27. The van der Waals surface area contributed by atoms with Gasteiger partial charge in [-0.1, -0.05) is 95.6 Å². The van der Waals surface area contributed by atoms with E-state index in [-0.39, 0.29) is 37.6 Å². The number of phenols is 1. The predicted molar refractivity (Wildman–Crippen MR) is 182 cm³/mol. The quantitative estimate of drug-likeness (QED) is 0.140. The maximum atomic E-state index is 10.6. The topological polar surface area (TPSA) is 58.6 Å². The van der Waals surface area contributed by atoms with Crippen molar-refractivity contribution in [3.05, 3.63) is 126 Å². The predicted octanol–water partition coefficient (Wildman–Crippen LogP) is 10.7. The molecule has 0 spiro atoms. The van der Waals surface area contributed by atoms with Crippen molar-refractivity contribution >= 4 is 23.0 Å². The van der Waals surface area contributed by atoms with Gasteiger partial charge < -0.3 is 9.52 Å². The van der Waals surface area contributed by atoms with Gasteiger partial charge in [-0.25, -0.2) is 4.98 Å². The third-order valence-electron chi connectivity index (χ3n) is 7.93. The van der Waals surface area contributed by atoms with E-state index >= 15 is 0 Å². The first-order valence-electron chi connectivity index (χ1n) is 15.0. The maximum Gasteiger partial charge on any atom is 0.228 e. The Balaban J connectivity index is 0.00000400. The standard InChI is InChI=1S/C40H37N2O2.Pt/c1-39(2,3)30-16-12-15-27(21-30)28-23-33(26-13-8-7-9-14-26)37-36(24-28)44-38(42-37)32-17-10-11-18-34(32)41-25-29-22-31(40(4,5)6)19-20-35(29)43;/h7-13,15-25,43H,1-6H3;/q-1;. The van der Waals surface area contributed by atoms with Crippen LogP contribution < -0.4 is 0 Å². The minimum absolute atomic E-state index is 0. The van der Waals surface area contributed by atoms with Crippen molar-refractivity contribution in [1.82, 2.24) is 4.98 Å². The van der Waals surface area contributed by atoms with E-state index in [4.69, 9.17) is 14.4 Å². The molecule has 0 aliphatic rings. The number of rotatable bonds is 5. The number of phenolic OH excluding ortho intramolecular Hbond substituents is 1. The summed E-state index contributed by atoms with van der Waals surface area (Å²) in [5, 5.41) is 10.6. The van der Waals surface area contributed by atoms with Crippen LogP contribution in [0.3, 0.4) is 0 Å². The van der Waals surface area contributed by atoms with Crippen LogP contribution in [-0.2, 0) is 31.9 Å².